The van der Waals surface area contributed by atoms with Gasteiger partial charge in [0.25, 0.3) is 11.7 Å². The standard InChI is InChI=1S/C19H26N2O4/c1-17(2)18(3,4)25-19(24-17)14-7-5-6-8-15(14)21(16(19)22)13-20-9-11-23-12-10-20/h5-8H,9-13H2,1-4H3. The molecule has 0 unspecified atom stereocenters. The van der Waals surface area contributed by atoms with E-state index >= 15 is 0 Å². The summed E-state index contributed by atoms with van der Waals surface area (Å²) in [6, 6.07) is 7.78. The van der Waals surface area contributed by atoms with Crippen LogP contribution in [0.2, 0.25) is 0 Å². The van der Waals surface area contributed by atoms with Crippen LogP contribution in [0.5, 0.6) is 0 Å². The van der Waals surface area contributed by atoms with Crippen molar-refractivity contribution in [3.05, 3.63) is 29.8 Å². The molecule has 0 bridgehead atoms. The lowest BCUT2D eigenvalue weighted by atomic mass is 9.90. The Morgan fingerprint density at radius 3 is 2.24 bits per heavy atom. The summed E-state index contributed by atoms with van der Waals surface area (Å²) in [6.07, 6.45) is 0. The van der Waals surface area contributed by atoms with Gasteiger partial charge in [0.05, 0.1) is 36.8 Å². The lowest BCUT2D eigenvalue weighted by Gasteiger charge is -2.31. The SMILES string of the molecule is CC1(C)OC2(OC1(C)C)C(=O)N(CN1CCOCC1)c1ccccc12. The van der Waals surface area contributed by atoms with Crippen LogP contribution >= 0.6 is 0 Å². The predicted molar refractivity (Wildman–Crippen MR) is 93.2 cm³/mol. The van der Waals surface area contributed by atoms with E-state index in [1.54, 1.807) is 4.90 Å². The predicted octanol–water partition coefficient (Wildman–Crippen LogP) is 2.08. The highest BCUT2D eigenvalue weighted by atomic mass is 16.8. The van der Waals surface area contributed by atoms with Crippen molar-refractivity contribution < 1.29 is 19.0 Å². The Hall–Kier alpha value is -1.47. The van der Waals surface area contributed by atoms with Gasteiger partial charge in [0, 0.05) is 18.7 Å². The quantitative estimate of drug-likeness (QED) is 0.821. The summed E-state index contributed by atoms with van der Waals surface area (Å²) in [5.74, 6) is -1.49. The Balaban J connectivity index is 1.72. The summed E-state index contributed by atoms with van der Waals surface area (Å²) in [7, 11) is 0. The van der Waals surface area contributed by atoms with Gasteiger partial charge >= 0.3 is 0 Å². The van der Waals surface area contributed by atoms with Crippen molar-refractivity contribution in [1.82, 2.24) is 4.90 Å². The van der Waals surface area contributed by atoms with Gasteiger partial charge in [-0.3, -0.25) is 14.6 Å². The zero-order valence-electron chi connectivity index (χ0n) is 15.4. The van der Waals surface area contributed by atoms with Gasteiger partial charge in [-0.1, -0.05) is 18.2 Å². The molecule has 6 nitrogen and oxygen atoms in total. The Labute approximate surface area is 148 Å². The van der Waals surface area contributed by atoms with Crippen LogP contribution in [0.25, 0.3) is 0 Å². The number of benzene rings is 1. The van der Waals surface area contributed by atoms with Crippen LogP contribution in [0.1, 0.15) is 33.3 Å². The summed E-state index contributed by atoms with van der Waals surface area (Å²) in [5.41, 5.74) is 0.509. The normalized spacial score (nSPS) is 27.0. The van der Waals surface area contributed by atoms with Crippen LogP contribution < -0.4 is 4.90 Å². The van der Waals surface area contributed by atoms with Crippen LogP contribution in [0.15, 0.2) is 24.3 Å². The number of nitrogens with zero attached hydrogens (tertiary/aromatic N) is 2. The van der Waals surface area contributed by atoms with Crippen molar-refractivity contribution in [3.8, 4) is 0 Å². The second kappa shape index (κ2) is 5.51. The van der Waals surface area contributed by atoms with Gasteiger partial charge in [-0.05, 0) is 33.8 Å². The third kappa shape index (κ3) is 2.43. The first-order chi connectivity index (χ1) is 11.8. The third-order valence-corrected chi connectivity index (χ3v) is 5.77. The number of anilines is 1. The number of morpholine rings is 1. The zero-order chi connectivity index (χ0) is 17.9. The van der Waals surface area contributed by atoms with E-state index in [2.05, 4.69) is 4.90 Å². The maximum absolute atomic E-state index is 13.5. The number of hydrogen-bond acceptors (Lipinski definition) is 5. The number of fused-ring (bicyclic) bond motifs is 2. The van der Waals surface area contributed by atoms with E-state index in [-0.39, 0.29) is 5.91 Å². The number of rotatable bonds is 2. The summed E-state index contributed by atoms with van der Waals surface area (Å²) in [5, 5.41) is 0. The van der Waals surface area contributed by atoms with Gasteiger partial charge in [0.2, 0.25) is 0 Å². The molecule has 6 heteroatoms. The monoisotopic (exact) mass is 346 g/mol. The summed E-state index contributed by atoms with van der Waals surface area (Å²) < 4.78 is 18.0. The highest BCUT2D eigenvalue weighted by Crippen LogP contribution is 2.54. The van der Waals surface area contributed by atoms with Crippen molar-refractivity contribution in [2.45, 2.75) is 44.7 Å². The largest absolute Gasteiger partial charge is 0.379 e. The number of carbonyl (C=O) groups excluding carboxylic acids is 1. The molecule has 4 rings (SSSR count). The summed E-state index contributed by atoms with van der Waals surface area (Å²) in [4.78, 5) is 17.5. The molecule has 0 atom stereocenters. The molecule has 2 saturated heterocycles. The average Bonchev–Trinajstić information content (AvgIpc) is 2.90. The number of hydrogen-bond donors (Lipinski definition) is 0. The Morgan fingerprint density at radius 1 is 1.00 bits per heavy atom. The Bertz CT molecular complexity index is 678. The highest BCUT2D eigenvalue weighted by molar-refractivity contribution is 6.06. The molecule has 3 aliphatic heterocycles. The van der Waals surface area contributed by atoms with Crippen molar-refractivity contribution in [2.24, 2.45) is 0 Å². The smallest absolute Gasteiger partial charge is 0.293 e. The molecule has 1 amide bonds. The third-order valence-electron chi connectivity index (χ3n) is 5.77. The average molecular weight is 346 g/mol. The molecule has 0 N–H and O–H groups in total. The van der Waals surface area contributed by atoms with E-state index in [0.29, 0.717) is 19.9 Å². The van der Waals surface area contributed by atoms with Crippen LogP contribution in [0.4, 0.5) is 5.69 Å². The molecular weight excluding hydrogens is 320 g/mol. The zero-order valence-corrected chi connectivity index (χ0v) is 15.4. The number of para-hydroxylation sites is 1. The van der Waals surface area contributed by atoms with Crippen LogP contribution in [-0.4, -0.2) is 55.0 Å². The molecule has 25 heavy (non-hydrogen) atoms. The summed E-state index contributed by atoms with van der Waals surface area (Å²) >= 11 is 0. The Morgan fingerprint density at radius 2 is 1.60 bits per heavy atom. The van der Waals surface area contributed by atoms with Gasteiger partial charge in [0.1, 0.15) is 0 Å². The van der Waals surface area contributed by atoms with E-state index in [4.69, 9.17) is 14.2 Å². The van der Waals surface area contributed by atoms with Crippen LogP contribution in [-0.2, 0) is 24.8 Å². The number of ether oxygens (including phenoxy) is 3. The maximum atomic E-state index is 13.5. The van der Waals surface area contributed by atoms with Crippen molar-refractivity contribution in [3.63, 3.8) is 0 Å². The number of carbonyl (C=O) groups is 1. The lowest BCUT2D eigenvalue weighted by molar-refractivity contribution is -0.200. The minimum Gasteiger partial charge on any atom is -0.379 e. The minimum atomic E-state index is -1.35. The van der Waals surface area contributed by atoms with E-state index in [1.807, 2.05) is 52.0 Å². The number of amides is 1. The van der Waals surface area contributed by atoms with E-state index in [9.17, 15) is 4.79 Å². The molecule has 0 radical (unpaired) electrons. The topological polar surface area (TPSA) is 51.2 Å². The molecule has 0 aromatic heterocycles. The molecule has 1 aromatic rings. The van der Waals surface area contributed by atoms with Crippen molar-refractivity contribution in [2.75, 3.05) is 37.9 Å². The fourth-order valence-corrected chi connectivity index (χ4v) is 3.66. The molecule has 1 aromatic carbocycles. The lowest BCUT2D eigenvalue weighted by Crippen LogP contribution is -2.49. The van der Waals surface area contributed by atoms with Gasteiger partial charge in [-0.15, -0.1) is 0 Å². The first-order valence-corrected chi connectivity index (χ1v) is 8.89. The van der Waals surface area contributed by atoms with E-state index < -0.39 is 17.0 Å². The second-order valence-electron chi connectivity index (χ2n) is 7.96. The second-order valence-corrected chi connectivity index (χ2v) is 7.96. The fourth-order valence-electron chi connectivity index (χ4n) is 3.66. The molecule has 136 valence electrons. The van der Waals surface area contributed by atoms with Gasteiger partial charge in [-0.2, -0.15) is 0 Å². The van der Waals surface area contributed by atoms with Crippen LogP contribution in [0, 0.1) is 0 Å². The fraction of sp³-hybridized carbons (Fsp3) is 0.632. The highest BCUT2D eigenvalue weighted by Gasteiger charge is 2.66. The van der Waals surface area contributed by atoms with Crippen molar-refractivity contribution >= 4 is 11.6 Å². The first kappa shape index (κ1) is 17.0. The molecule has 3 heterocycles. The molecular formula is C19H26N2O4. The summed E-state index contributed by atoms with van der Waals surface area (Å²) in [6.45, 7) is 11.4. The molecule has 0 aliphatic carbocycles. The maximum Gasteiger partial charge on any atom is 0.293 e. The minimum absolute atomic E-state index is 0.140. The van der Waals surface area contributed by atoms with E-state index in [0.717, 1.165) is 24.3 Å². The molecule has 2 fully saturated rings. The van der Waals surface area contributed by atoms with Gasteiger partial charge in [-0.25, -0.2) is 0 Å². The van der Waals surface area contributed by atoms with E-state index in [1.165, 1.54) is 0 Å². The van der Waals surface area contributed by atoms with Gasteiger partial charge in [0.15, 0.2) is 0 Å². The molecule has 0 saturated carbocycles. The molecule has 3 aliphatic rings. The van der Waals surface area contributed by atoms with Gasteiger partial charge < -0.3 is 14.2 Å². The van der Waals surface area contributed by atoms with Crippen LogP contribution in [0.3, 0.4) is 0 Å². The first-order valence-electron chi connectivity index (χ1n) is 8.89. The Kier molecular flexibility index (Phi) is 3.74. The molecule has 1 spiro atoms. The van der Waals surface area contributed by atoms with Crippen molar-refractivity contribution in [1.29, 1.82) is 0 Å².